The number of nitrogens with two attached hydrogens (primary N) is 1. The van der Waals surface area contributed by atoms with E-state index in [-0.39, 0.29) is 23.8 Å². The van der Waals surface area contributed by atoms with Gasteiger partial charge in [0.15, 0.2) is 0 Å². The first-order valence-corrected chi connectivity index (χ1v) is 8.92. The van der Waals surface area contributed by atoms with Crippen molar-refractivity contribution in [1.82, 2.24) is 0 Å². The fourth-order valence-corrected chi connectivity index (χ4v) is 4.16. The molecule has 2 fully saturated rings. The van der Waals surface area contributed by atoms with Gasteiger partial charge < -0.3 is 21.1 Å². The molecule has 0 spiro atoms. The molecule has 3 rings (SSSR count). The Kier molecular flexibility index (Phi) is 4.60. The highest BCUT2D eigenvalue weighted by Gasteiger charge is 2.70. The predicted molar refractivity (Wildman–Crippen MR) is 97.2 cm³/mol. The normalized spacial score (nSPS) is 29.9. The average Bonchev–Trinajstić information content (AvgIpc) is 2.62. The van der Waals surface area contributed by atoms with Gasteiger partial charge in [0.05, 0.1) is 6.10 Å². The molecule has 3 unspecified atom stereocenters. The van der Waals surface area contributed by atoms with Gasteiger partial charge in [-0.2, -0.15) is 0 Å². The van der Waals surface area contributed by atoms with Crippen LogP contribution in [-0.4, -0.2) is 30.1 Å². The number of amides is 2. The van der Waals surface area contributed by atoms with E-state index in [2.05, 4.69) is 10.6 Å². The van der Waals surface area contributed by atoms with E-state index < -0.39 is 11.0 Å². The molecule has 136 valence electrons. The number of fused-ring (bicyclic) bond motifs is 1. The van der Waals surface area contributed by atoms with Gasteiger partial charge in [-0.15, -0.1) is 0 Å². The molecule has 1 saturated carbocycles. The van der Waals surface area contributed by atoms with Crippen LogP contribution in [0.4, 0.5) is 11.4 Å². The second kappa shape index (κ2) is 6.42. The maximum absolute atomic E-state index is 12.9. The van der Waals surface area contributed by atoms with E-state index >= 15 is 0 Å². The third-order valence-corrected chi connectivity index (χ3v) is 5.81. The van der Waals surface area contributed by atoms with E-state index in [4.69, 9.17) is 10.5 Å². The Morgan fingerprint density at radius 2 is 1.80 bits per heavy atom. The van der Waals surface area contributed by atoms with Crippen molar-refractivity contribution in [3.63, 3.8) is 0 Å². The fourth-order valence-electron chi connectivity index (χ4n) is 4.16. The molecule has 1 saturated heterocycles. The van der Waals surface area contributed by atoms with Crippen molar-refractivity contribution in [1.29, 1.82) is 0 Å². The summed E-state index contributed by atoms with van der Waals surface area (Å²) in [5.41, 5.74) is 6.62. The smallest absolute Gasteiger partial charge is 0.245 e. The molecule has 2 aliphatic rings. The summed E-state index contributed by atoms with van der Waals surface area (Å²) in [4.78, 5) is 24.4. The molecule has 1 aromatic rings. The van der Waals surface area contributed by atoms with Crippen LogP contribution in [0.5, 0.6) is 0 Å². The molecular formula is C19H27N3O3. The molecule has 1 heterocycles. The first-order chi connectivity index (χ1) is 11.8. The number of rotatable bonds is 4. The van der Waals surface area contributed by atoms with Gasteiger partial charge in [-0.05, 0) is 37.1 Å². The summed E-state index contributed by atoms with van der Waals surface area (Å²) in [6, 6.07) is 7.08. The fraction of sp³-hybridized carbons (Fsp3) is 0.579. The molecule has 6 nitrogen and oxygen atoms in total. The summed E-state index contributed by atoms with van der Waals surface area (Å²) in [6.07, 6.45) is 2.33. The van der Waals surface area contributed by atoms with Crippen molar-refractivity contribution in [3.05, 3.63) is 24.3 Å². The lowest BCUT2D eigenvalue weighted by molar-refractivity contribution is -0.222. The lowest BCUT2D eigenvalue weighted by Gasteiger charge is -2.65. The number of carbonyl (C=O) groups excluding carboxylic acids is 2. The van der Waals surface area contributed by atoms with Gasteiger partial charge >= 0.3 is 0 Å². The molecule has 1 aliphatic heterocycles. The minimum atomic E-state index is -0.937. The van der Waals surface area contributed by atoms with Crippen LogP contribution in [0.2, 0.25) is 0 Å². The lowest BCUT2D eigenvalue weighted by Crippen LogP contribution is -2.81. The van der Waals surface area contributed by atoms with E-state index in [1.54, 1.807) is 31.2 Å². The van der Waals surface area contributed by atoms with Crippen molar-refractivity contribution < 1.29 is 14.3 Å². The lowest BCUT2D eigenvalue weighted by atomic mass is 9.46. The summed E-state index contributed by atoms with van der Waals surface area (Å²) in [7, 11) is 0. The number of anilines is 2. The minimum Gasteiger partial charge on any atom is -0.377 e. The Balaban J connectivity index is 1.70. The van der Waals surface area contributed by atoms with Gasteiger partial charge in [0, 0.05) is 35.7 Å². The molecule has 0 radical (unpaired) electrons. The van der Waals surface area contributed by atoms with Gasteiger partial charge in [-0.1, -0.05) is 20.8 Å². The molecule has 6 heteroatoms. The summed E-state index contributed by atoms with van der Waals surface area (Å²) in [5, 5.41) is 5.72. The molecule has 4 N–H and O–H groups in total. The van der Waals surface area contributed by atoms with Crippen molar-refractivity contribution in [2.75, 3.05) is 17.2 Å². The molecule has 0 bridgehead atoms. The quantitative estimate of drug-likeness (QED) is 0.781. The van der Waals surface area contributed by atoms with Crippen LogP contribution >= 0.6 is 0 Å². The molecule has 25 heavy (non-hydrogen) atoms. The molecule has 3 atom stereocenters. The zero-order chi connectivity index (χ0) is 18.2. The van der Waals surface area contributed by atoms with E-state index in [0.29, 0.717) is 17.8 Å². The van der Waals surface area contributed by atoms with E-state index in [0.717, 1.165) is 19.4 Å². The Hall–Kier alpha value is -1.92. The van der Waals surface area contributed by atoms with Crippen LogP contribution in [-0.2, 0) is 14.3 Å². The average molecular weight is 345 g/mol. The summed E-state index contributed by atoms with van der Waals surface area (Å²) >= 11 is 0. The first-order valence-electron chi connectivity index (χ1n) is 8.92. The van der Waals surface area contributed by atoms with Gasteiger partial charge in [0.2, 0.25) is 11.8 Å². The zero-order valence-electron chi connectivity index (χ0n) is 15.1. The zero-order valence-corrected chi connectivity index (χ0v) is 15.1. The third-order valence-electron chi connectivity index (χ3n) is 5.81. The topological polar surface area (TPSA) is 93.5 Å². The third kappa shape index (κ3) is 2.83. The number of nitrogens with one attached hydrogen (secondary N) is 2. The highest BCUT2D eigenvalue weighted by molar-refractivity contribution is 6.00. The van der Waals surface area contributed by atoms with Gasteiger partial charge in [0.25, 0.3) is 0 Å². The summed E-state index contributed by atoms with van der Waals surface area (Å²) in [6.45, 7) is 6.55. The Morgan fingerprint density at radius 3 is 2.40 bits per heavy atom. The highest BCUT2D eigenvalue weighted by Crippen LogP contribution is 2.57. The van der Waals surface area contributed by atoms with Crippen LogP contribution in [0.25, 0.3) is 0 Å². The number of ether oxygens (including phenoxy) is 1. The second-order valence-electron chi connectivity index (χ2n) is 7.56. The number of benzene rings is 1. The Labute approximate surface area is 148 Å². The molecule has 2 amide bonds. The van der Waals surface area contributed by atoms with Gasteiger partial charge in [-0.3, -0.25) is 9.59 Å². The first kappa shape index (κ1) is 17.9. The van der Waals surface area contributed by atoms with Gasteiger partial charge in [-0.25, -0.2) is 0 Å². The number of carbonyl (C=O) groups is 2. The standard InChI is InChI=1S/C19H27N3O3/c1-4-15(23)21-12-7-9-13(10-8-12)22-17(24)19(20)14-6-5-11-25-16(14)18(19,2)3/h7-10,14,16H,4-6,11,20H2,1-3H3,(H,21,23)(H,22,24). The van der Waals surface area contributed by atoms with Crippen molar-refractivity contribution in [2.24, 2.45) is 17.1 Å². The number of hydrogen-bond donors (Lipinski definition) is 3. The maximum Gasteiger partial charge on any atom is 0.245 e. The minimum absolute atomic E-state index is 0.0442. The van der Waals surface area contributed by atoms with Gasteiger partial charge in [0.1, 0.15) is 5.54 Å². The van der Waals surface area contributed by atoms with Crippen molar-refractivity contribution >= 4 is 23.2 Å². The Morgan fingerprint density at radius 1 is 1.20 bits per heavy atom. The molecule has 1 aliphatic carbocycles. The van der Waals surface area contributed by atoms with Crippen LogP contribution in [0, 0.1) is 11.3 Å². The highest BCUT2D eigenvalue weighted by atomic mass is 16.5. The predicted octanol–water partition coefficient (Wildman–Crippen LogP) is 2.51. The molecule has 0 aromatic heterocycles. The maximum atomic E-state index is 12.9. The largest absolute Gasteiger partial charge is 0.377 e. The Bertz CT molecular complexity index is 671. The summed E-state index contributed by atoms with van der Waals surface area (Å²) < 4.78 is 5.85. The van der Waals surface area contributed by atoms with E-state index in [9.17, 15) is 9.59 Å². The molecule has 1 aromatic carbocycles. The number of hydrogen-bond acceptors (Lipinski definition) is 4. The van der Waals surface area contributed by atoms with Crippen LogP contribution in [0.3, 0.4) is 0 Å². The van der Waals surface area contributed by atoms with E-state index in [1.807, 2.05) is 13.8 Å². The molecular weight excluding hydrogens is 318 g/mol. The van der Waals surface area contributed by atoms with Crippen LogP contribution in [0.15, 0.2) is 24.3 Å². The van der Waals surface area contributed by atoms with Crippen LogP contribution in [0.1, 0.15) is 40.0 Å². The summed E-state index contributed by atoms with van der Waals surface area (Å²) in [5.74, 6) is -0.161. The van der Waals surface area contributed by atoms with E-state index in [1.165, 1.54) is 0 Å². The van der Waals surface area contributed by atoms with Crippen LogP contribution < -0.4 is 16.4 Å². The second-order valence-corrected chi connectivity index (χ2v) is 7.56. The SMILES string of the molecule is CCC(=O)Nc1ccc(NC(=O)C2(N)C3CCCOC3C2(C)C)cc1. The monoisotopic (exact) mass is 345 g/mol. The van der Waals surface area contributed by atoms with Crippen molar-refractivity contribution in [3.8, 4) is 0 Å². The van der Waals surface area contributed by atoms with Crippen molar-refractivity contribution in [2.45, 2.75) is 51.7 Å².